The molecule has 1 aliphatic heterocycles. The van der Waals surface area contributed by atoms with Gasteiger partial charge < -0.3 is 16.0 Å². The minimum atomic E-state index is -0.343. The fraction of sp³-hybridized carbons (Fsp3) is 0.500. The number of hydrogen-bond acceptors (Lipinski definition) is 5. The number of nitrogens with one attached hydrogen (secondary N) is 1. The topological polar surface area (TPSA) is 84.1 Å². The van der Waals surface area contributed by atoms with Crippen molar-refractivity contribution in [3.05, 3.63) is 18.1 Å². The van der Waals surface area contributed by atoms with Crippen molar-refractivity contribution < 1.29 is 4.79 Å². The van der Waals surface area contributed by atoms with E-state index in [1.54, 1.807) is 12.4 Å². The predicted octanol–water partition coefficient (Wildman–Crippen LogP) is -0.951. The number of nitrogens with two attached hydrogens (primary N) is 1. The molecule has 86 valence electrons. The smallest absolute Gasteiger partial charge is 0.241 e. The number of hydrogen-bond donors (Lipinski definition) is 2. The van der Waals surface area contributed by atoms with Gasteiger partial charge in [-0.2, -0.15) is 0 Å². The summed E-state index contributed by atoms with van der Waals surface area (Å²) in [7, 11) is 0. The third-order valence-corrected chi connectivity index (χ3v) is 2.70. The molecule has 0 radical (unpaired) electrons. The fourth-order valence-corrected chi connectivity index (χ4v) is 1.89. The van der Waals surface area contributed by atoms with Crippen LogP contribution in [-0.2, 0) is 4.79 Å². The molecule has 1 aromatic heterocycles. The second kappa shape index (κ2) is 4.44. The lowest BCUT2D eigenvalue weighted by Gasteiger charge is -2.35. The van der Waals surface area contributed by atoms with Crippen molar-refractivity contribution in [2.75, 3.05) is 24.5 Å². The number of amides is 1. The molecule has 6 heteroatoms. The second-order valence-corrected chi connectivity index (χ2v) is 3.78. The zero-order valence-corrected chi connectivity index (χ0v) is 9.18. The number of rotatable bonds is 2. The minimum absolute atomic E-state index is 0.336. The number of carbonyl (C=O) groups excluding carboxylic acids is 1. The molecule has 1 saturated heterocycles. The first kappa shape index (κ1) is 10.8. The maximum Gasteiger partial charge on any atom is 0.241 e. The highest BCUT2D eigenvalue weighted by molar-refractivity contribution is 5.84. The van der Waals surface area contributed by atoms with Gasteiger partial charge in [-0.15, -0.1) is 0 Å². The van der Waals surface area contributed by atoms with Crippen molar-refractivity contribution in [2.45, 2.75) is 13.0 Å². The van der Waals surface area contributed by atoms with Crippen LogP contribution in [0.15, 0.2) is 12.4 Å². The van der Waals surface area contributed by atoms with Crippen LogP contribution in [0, 0.1) is 6.92 Å². The molecule has 16 heavy (non-hydrogen) atoms. The van der Waals surface area contributed by atoms with Crippen molar-refractivity contribution in [1.29, 1.82) is 0 Å². The van der Waals surface area contributed by atoms with Crippen LogP contribution in [-0.4, -0.2) is 41.6 Å². The van der Waals surface area contributed by atoms with Crippen molar-refractivity contribution in [3.63, 3.8) is 0 Å². The Morgan fingerprint density at radius 3 is 3.00 bits per heavy atom. The van der Waals surface area contributed by atoms with Crippen LogP contribution < -0.4 is 16.0 Å². The van der Waals surface area contributed by atoms with Gasteiger partial charge in [0.05, 0.1) is 5.69 Å². The van der Waals surface area contributed by atoms with Crippen LogP contribution in [0.2, 0.25) is 0 Å². The van der Waals surface area contributed by atoms with Gasteiger partial charge in [0.15, 0.2) is 5.82 Å². The van der Waals surface area contributed by atoms with Gasteiger partial charge in [-0.1, -0.05) is 0 Å². The number of piperazine rings is 1. The molecule has 0 saturated carbocycles. The molecule has 0 spiro atoms. The number of anilines is 1. The summed E-state index contributed by atoms with van der Waals surface area (Å²) in [5, 5.41) is 3.14. The van der Waals surface area contributed by atoms with Crippen LogP contribution in [0.1, 0.15) is 5.69 Å². The number of aromatic nitrogens is 2. The van der Waals surface area contributed by atoms with E-state index in [0.717, 1.165) is 18.1 Å². The zero-order valence-electron chi connectivity index (χ0n) is 9.18. The van der Waals surface area contributed by atoms with Crippen LogP contribution >= 0.6 is 0 Å². The Labute approximate surface area is 93.9 Å². The Kier molecular flexibility index (Phi) is 3.00. The maximum atomic E-state index is 11.3. The summed E-state index contributed by atoms with van der Waals surface area (Å²) < 4.78 is 0. The van der Waals surface area contributed by atoms with Crippen molar-refractivity contribution in [3.8, 4) is 0 Å². The highest BCUT2D eigenvalue weighted by Crippen LogP contribution is 2.17. The highest BCUT2D eigenvalue weighted by Gasteiger charge is 2.28. The summed E-state index contributed by atoms with van der Waals surface area (Å²) in [4.78, 5) is 21.7. The molecule has 0 aromatic carbocycles. The summed E-state index contributed by atoms with van der Waals surface area (Å²) in [6.07, 6.45) is 3.27. The molecule has 1 amide bonds. The van der Waals surface area contributed by atoms with Gasteiger partial charge in [0.25, 0.3) is 0 Å². The van der Waals surface area contributed by atoms with E-state index in [1.807, 2.05) is 11.8 Å². The van der Waals surface area contributed by atoms with Crippen LogP contribution in [0.3, 0.4) is 0 Å². The predicted molar refractivity (Wildman–Crippen MR) is 60.0 cm³/mol. The third-order valence-electron chi connectivity index (χ3n) is 2.70. The molecule has 1 aliphatic rings. The van der Waals surface area contributed by atoms with Crippen molar-refractivity contribution >= 4 is 11.7 Å². The van der Waals surface area contributed by atoms with Gasteiger partial charge in [-0.05, 0) is 6.92 Å². The Morgan fingerprint density at radius 1 is 1.56 bits per heavy atom. The monoisotopic (exact) mass is 221 g/mol. The molecule has 0 aliphatic carbocycles. The standard InChI is InChI=1S/C10H15N5O/c1-7-10(14-3-2-13-7)15-5-4-12-6-8(15)9(11)16/h2-3,8,12H,4-6H2,1H3,(H2,11,16). The molecular weight excluding hydrogens is 206 g/mol. The summed E-state index contributed by atoms with van der Waals surface area (Å²) in [6, 6.07) is -0.343. The van der Waals surface area contributed by atoms with E-state index in [1.165, 1.54) is 0 Å². The van der Waals surface area contributed by atoms with Gasteiger partial charge in [0.2, 0.25) is 5.91 Å². The molecule has 0 bridgehead atoms. The third kappa shape index (κ3) is 1.96. The summed E-state index contributed by atoms with van der Waals surface area (Å²) in [6.45, 7) is 3.97. The van der Waals surface area contributed by atoms with Gasteiger partial charge in [0.1, 0.15) is 6.04 Å². The average molecular weight is 221 g/mol. The first-order valence-corrected chi connectivity index (χ1v) is 5.24. The van der Waals surface area contributed by atoms with E-state index in [-0.39, 0.29) is 11.9 Å². The molecule has 1 fully saturated rings. The van der Waals surface area contributed by atoms with Crippen molar-refractivity contribution in [2.24, 2.45) is 5.73 Å². The second-order valence-electron chi connectivity index (χ2n) is 3.78. The first-order valence-electron chi connectivity index (χ1n) is 5.24. The Hall–Kier alpha value is -1.69. The minimum Gasteiger partial charge on any atom is -0.368 e. The lowest BCUT2D eigenvalue weighted by Crippen LogP contribution is -2.57. The number of nitrogens with zero attached hydrogens (tertiary/aromatic N) is 3. The normalized spacial score (nSPS) is 20.8. The summed E-state index contributed by atoms with van der Waals surface area (Å²) in [5.41, 5.74) is 6.19. The van der Waals surface area contributed by atoms with E-state index in [0.29, 0.717) is 13.1 Å². The van der Waals surface area contributed by atoms with Gasteiger partial charge in [0, 0.05) is 32.0 Å². The van der Waals surface area contributed by atoms with Crippen LogP contribution in [0.25, 0.3) is 0 Å². The lowest BCUT2D eigenvalue weighted by atomic mass is 10.1. The summed E-state index contributed by atoms with van der Waals surface area (Å²) in [5.74, 6) is 0.407. The molecule has 2 heterocycles. The van der Waals surface area contributed by atoms with Crippen LogP contribution in [0.4, 0.5) is 5.82 Å². The number of primary amides is 1. The largest absolute Gasteiger partial charge is 0.368 e. The number of carbonyl (C=O) groups is 1. The molecule has 1 atom stereocenters. The molecule has 2 rings (SSSR count). The fourth-order valence-electron chi connectivity index (χ4n) is 1.89. The average Bonchev–Trinajstić information content (AvgIpc) is 2.29. The molecular formula is C10H15N5O. The molecule has 6 nitrogen and oxygen atoms in total. The van der Waals surface area contributed by atoms with E-state index in [2.05, 4.69) is 15.3 Å². The maximum absolute atomic E-state index is 11.3. The Balaban J connectivity index is 2.30. The Bertz CT molecular complexity index is 395. The quantitative estimate of drug-likeness (QED) is 0.672. The van der Waals surface area contributed by atoms with Crippen molar-refractivity contribution in [1.82, 2.24) is 15.3 Å². The van der Waals surface area contributed by atoms with E-state index in [4.69, 9.17) is 5.73 Å². The summed E-state index contributed by atoms with van der Waals surface area (Å²) >= 11 is 0. The van der Waals surface area contributed by atoms with E-state index in [9.17, 15) is 4.79 Å². The van der Waals surface area contributed by atoms with Gasteiger partial charge in [-0.3, -0.25) is 9.78 Å². The molecule has 3 N–H and O–H groups in total. The molecule has 1 unspecified atom stereocenters. The van der Waals surface area contributed by atoms with Gasteiger partial charge >= 0.3 is 0 Å². The van der Waals surface area contributed by atoms with Crippen LogP contribution in [0.5, 0.6) is 0 Å². The van der Waals surface area contributed by atoms with E-state index < -0.39 is 0 Å². The SMILES string of the molecule is Cc1nccnc1N1CCNCC1C(N)=O. The highest BCUT2D eigenvalue weighted by atomic mass is 16.1. The number of aryl methyl sites for hydroxylation is 1. The zero-order chi connectivity index (χ0) is 11.5. The first-order chi connectivity index (χ1) is 7.70. The van der Waals surface area contributed by atoms with Gasteiger partial charge in [-0.25, -0.2) is 4.98 Å². The lowest BCUT2D eigenvalue weighted by molar-refractivity contribution is -0.119. The molecule has 1 aromatic rings. The Morgan fingerprint density at radius 2 is 2.31 bits per heavy atom. The van der Waals surface area contributed by atoms with E-state index >= 15 is 0 Å².